The molecule has 1 saturated heterocycles. The Bertz CT molecular complexity index is 935. The van der Waals surface area contributed by atoms with Crippen LogP contribution in [0.15, 0.2) is 40.9 Å². The van der Waals surface area contributed by atoms with Crippen LogP contribution in [0.4, 0.5) is 0 Å². The Morgan fingerprint density at radius 3 is 2.76 bits per heavy atom. The van der Waals surface area contributed by atoms with Crippen molar-refractivity contribution in [3.8, 4) is 0 Å². The lowest BCUT2D eigenvalue weighted by molar-refractivity contribution is 0.0791. The average Bonchev–Trinajstić information content (AvgIpc) is 3.17. The largest absolute Gasteiger partial charge is 0.336 e. The van der Waals surface area contributed by atoms with Crippen LogP contribution in [0.25, 0.3) is 11.1 Å². The minimum absolute atomic E-state index is 0.0457. The molecule has 1 aliphatic rings. The molecule has 128 valence electrons. The van der Waals surface area contributed by atoms with Gasteiger partial charge in [-0.25, -0.2) is 4.98 Å². The summed E-state index contributed by atoms with van der Waals surface area (Å²) in [4.78, 5) is 19.3. The van der Waals surface area contributed by atoms with Crippen molar-refractivity contribution in [2.45, 2.75) is 25.8 Å². The maximum atomic E-state index is 13.2. The van der Waals surface area contributed by atoms with Gasteiger partial charge in [0.05, 0.1) is 16.6 Å². The zero-order valence-corrected chi connectivity index (χ0v) is 14.3. The molecule has 2 atom stereocenters. The van der Waals surface area contributed by atoms with E-state index in [4.69, 9.17) is 10.3 Å². The predicted octanol–water partition coefficient (Wildman–Crippen LogP) is 2.41. The molecule has 2 aromatic heterocycles. The highest BCUT2D eigenvalue weighted by atomic mass is 16.5. The molecule has 6 heteroatoms. The molecule has 3 aromatic rings. The van der Waals surface area contributed by atoms with Crippen molar-refractivity contribution in [3.05, 3.63) is 58.9 Å². The van der Waals surface area contributed by atoms with Gasteiger partial charge >= 0.3 is 0 Å². The van der Waals surface area contributed by atoms with Crippen molar-refractivity contribution >= 4 is 17.0 Å². The van der Waals surface area contributed by atoms with Gasteiger partial charge in [0, 0.05) is 30.7 Å². The summed E-state index contributed by atoms with van der Waals surface area (Å²) in [5.41, 5.74) is 9.90. The summed E-state index contributed by atoms with van der Waals surface area (Å²) in [6.07, 6.45) is 0. The van der Waals surface area contributed by atoms with Crippen molar-refractivity contribution in [1.82, 2.24) is 15.0 Å². The van der Waals surface area contributed by atoms with Gasteiger partial charge in [0.25, 0.3) is 11.6 Å². The number of pyridine rings is 1. The summed E-state index contributed by atoms with van der Waals surface area (Å²) in [6, 6.07) is 11.8. The summed E-state index contributed by atoms with van der Waals surface area (Å²) in [5, 5.41) is 4.64. The molecule has 0 aliphatic carbocycles. The molecule has 1 aliphatic heterocycles. The standard InChI is InChI=1S/C19H20N4O2/c1-11-8-14(17-12(2)22-25-18(17)21-11)19(24)23-9-15(16(20)10-23)13-6-4-3-5-7-13/h3-8,15-16H,9-10,20H2,1-2H3/t15-,16+/m0/s1. The average molecular weight is 336 g/mol. The fourth-order valence-electron chi connectivity index (χ4n) is 3.60. The Morgan fingerprint density at radius 1 is 1.24 bits per heavy atom. The van der Waals surface area contributed by atoms with Gasteiger partial charge in [-0.2, -0.15) is 0 Å². The third-order valence-electron chi connectivity index (χ3n) is 4.86. The van der Waals surface area contributed by atoms with Crippen LogP contribution in [-0.4, -0.2) is 40.1 Å². The second-order valence-electron chi connectivity index (χ2n) is 6.65. The van der Waals surface area contributed by atoms with E-state index in [2.05, 4.69) is 22.3 Å². The summed E-state index contributed by atoms with van der Waals surface area (Å²) in [7, 11) is 0. The van der Waals surface area contributed by atoms with E-state index in [1.165, 1.54) is 5.56 Å². The highest BCUT2D eigenvalue weighted by Crippen LogP contribution is 2.29. The smallest absolute Gasteiger partial charge is 0.258 e. The van der Waals surface area contributed by atoms with E-state index in [0.717, 1.165) is 5.69 Å². The number of carbonyl (C=O) groups excluding carboxylic acids is 1. The Labute approximate surface area is 145 Å². The van der Waals surface area contributed by atoms with Gasteiger partial charge in [-0.15, -0.1) is 0 Å². The molecule has 1 aromatic carbocycles. The number of rotatable bonds is 2. The quantitative estimate of drug-likeness (QED) is 0.777. The molecule has 0 spiro atoms. The van der Waals surface area contributed by atoms with Gasteiger partial charge in [-0.05, 0) is 25.5 Å². The van der Waals surface area contributed by atoms with Crippen LogP contribution in [0.2, 0.25) is 0 Å². The zero-order chi connectivity index (χ0) is 17.6. The van der Waals surface area contributed by atoms with Crippen molar-refractivity contribution in [2.24, 2.45) is 5.73 Å². The topological polar surface area (TPSA) is 85.2 Å². The highest BCUT2D eigenvalue weighted by Gasteiger charge is 2.35. The molecule has 3 heterocycles. The number of amides is 1. The van der Waals surface area contributed by atoms with Crippen LogP contribution >= 0.6 is 0 Å². The maximum absolute atomic E-state index is 13.2. The minimum atomic E-state index is -0.0756. The Balaban J connectivity index is 1.68. The lowest BCUT2D eigenvalue weighted by Crippen LogP contribution is -2.32. The summed E-state index contributed by atoms with van der Waals surface area (Å²) >= 11 is 0. The first kappa shape index (κ1) is 15.8. The molecule has 6 nitrogen and oxygen atoms in total. The molecule has 1 fully saturated rings. The van der Waals surface area contributed by atoms with E-state index < -0.39 is 0 Å². The number of aromatic nitrogens is 2. The number of fused-ring (bicyclic) bond motifs is 1. The van der Waals surface area contributed by atoms with Crippen LogP contribution in [0.3, 0.4) is 0 Å². The Kier molecular flexibility index (Phi) is 3.77. The van der Waals surface area contributed by atoms with Crippen LogP contribution in [-0.2, 0) is 0 Å². The van der Waals surface area contributed by atoms with E-state index in [-0.39, 0.29) is 17.9 Å². The number of carbonyl (C=O) groups is 1. The SMILES string of the molecule is Cc1cc(C(=O)N2C[C@@H](N)[C@H](c3ccccc3)C2)c2c(C)noc2n1. The number of aryl methyl sites for hydroxylation is 2. The molecule has 1 amide bonds. The summed E-state index contributed by atoms with van der Waals surface area (Å²) < 4.78 is 5.24. The van der Waals surface area contributed by atoms with Crippen LogP contribution in [0, 0.1) is 13.8 Å². The molecule has 0 unspecified atom stereocenters. The van der Waals surface area contributed by atoms with E-state index in [1.807, 2.05) is 36.9 Å². The van der Waals surface area contributed by atoms with Crippen LogP contribution < -0.4 is 5.73 Å². The Hall–Kier alpha value is -2.73. The van der Waals surface area contributed by atoms with Crippen LogP contribution in [0.5, 0.6) is 0 Å². The van der Waals surface area contributed by atoms with Gasteiger partial charge in [0.2, 0.25) is 0 Å². The molecule has 0 saturated carbocycles. The van der Waals surface area contributed by atoms with E-state index >= 15 is 0 Å². The third-order valence-corrected chi connectivity index (χ3v) is 4.86. The number of nitrogens with two attached hydrogens (primary N) is 1. The molecule has 4 rings (SSSR count). The van der Waals surface area contributed by atoms with Crippen molar-refractivity contribution in [2.75, 3.05) is 13.1 Å². The number of benzene rings is 1. The fourth-order valence-corrected chi connectivity index (χ4v) is 3.60. The van der Waals surface area contributed by atoms with E-state index in [1.54, 1.807) is 6.07 Å². The third kappa shape index (κ3) is 2.68. The molecular formula is C19H20N4O2. The first-order valence-corrected chi connectivity index (χ1v) is 8.38. The van der Waals surface area contributed by atoms with Crippen molar-refractivity contribution in [3.63, 3.8) is 0 Å². The first-order valence-electron chi connectivity index (χ1n) is 8.38. The number of hydrogen-bond donors (Lipinski definition) is 1. The molecule has 0 radical (unpaired) electrons. The van der Waals surface area contributed by atoms with Crippen molar-refractivity contribution in [1.29, 1.82) is 0 Å². The second kappa shape index (κ2) is 5.97. The fraction of sp³-hybridized carbons (Fsp3) is 0.316. The Morgan fingerprint density at radius 2 is 2.00 bits per heavy atom. The number of hydrogen-bond acceptors (Lipinski definition) is 5. The minimum Gasteiger partial charge on any atom is -0.336 e. The maximum Gasteiger partial charge on any atom is 0.258 e. The molecule has 0 bridgehead atoms. The monoisotopic (exact) mass is 336 g/mol. The molecular weight excluding hydrogens is 316 g/mol. The first-order chi connectivity index (χ1) is 12.0. The zero-order valence-electron chi connectivity index (χ0n) is 14.3. The predicted molar refractivity (Wildman–Crippen MR) is 94.3 cm³/mol. The molecule has 25 heavy (non-hydrogen) atoms. The van der Waals surface area contributed by atoms with E-state index in [9.17, 15) is 4.79 Å². The number of nitrogens with zero attached hydrogens (tertiary/aromatic N) is 3. The van der Waals surface area contributed by atoms with Gasteiger partial charge in [0.1, 0.15) is 0 Å². The van der Waals surface area contributed by atoms with E-state index in [0.29, 0.717) is 35.4 Å². The van der Waals surface area contributed by atoms with Gasteiger partial charge in [-0.1, -0.05) is 35.5 Å². The normalized spacial score (nSPS) is 20.4. The van der Waals surface area contributed by atoms with Crippen molar-refractivity contribution < 1.29 is 9.32 Å². The lowest BCUT2D eigenvalue weighted by atomic mass is 9.95. The lowest BCUT2D eigenvalue weighted by Gasteiger charge is -2.17. The summed E-state index contributed by atoms with van der Waals surface area (Å²) in [6.45, 7) is 4.81. The highest BCUT2D eigenvalue weighted by molar-refractivity contribution is 6.06. The second-order valence-corrected chi connectivity index (χ2v) is 6.65. The summed E-state index contributed by atoms with van der Waals surface area (Å²) in [5.74, 6) is 0.0998. The van der Waals surface area contributed by atoms with Gasteiger partial charge in [-0.3, -0.25) is 4.79 Å². The van der Waals surface area contributed by atoms with Gasteiger partial charge < -0.3 is 15.2 Å². The van der Waals surface area contributed by atoms with Gasteiger partial charge in [0.15, 0.2) is 0 Å². The number of likely N-dealkylation sites (tertiary alicyclic amines) is 1. The molecule has 2 N–H and O–H groups in total. The van der Waals surface area contributed by atoms with Crippen LogP contribution in [0.1, 0.15) is 33.2 Å².